The molecule has 5 nitrogen and oxygen atoms in total. The van der Waals surface area contributed by atoms with Crippen LogP contribution in [0.5, 0.6) is 0 Å². The van der Waals surface area contributed by atoms with Gasteiger partial charge in [-0.2, -0.15) is 8.42 Å². The zero-order chi connectivity index (χ0) is 23.3. The zero-order valence-corrected chi connectivity index (χ0v) is 21.4. The van der Waals surface area contributed by atoms with Crippen LogP contribution in [0.1, 0.15) is 110 Å². The van der Waals surface area contributed by atoms with Crippen molar-refractivity contribution in [2.24, 2.45) is 0 Å². The van der Waals surface area contributed by atoms with E-state index in [1.807, 2.05) is 67.5 Å². The molecule has 0 bridgehead atoms. The molecule has 1 unspecified atom stereocenters. The van der Waals surface area contributed by atoms with Crippen LogP contribution in [-0.2, 0) is 23.8 Å². The maximum Gasteiger partial charge on any atom is 0.297 e. The average molecular weight is 443 g/mol. The summed E-state index contributed by atoms with van der Waals surface area (Å²) < 4.78 is 43.4. The van der Waals surface area contributed by atoms with Crippen molar-refractivity contribution in [1.29, 1.82) is 0 Å². The monoisotopic (exact) mass is 442 g/mol. The van der Waals surface area contributed by atoms with Crippen LogP contribution in [0.4, 0.5) is 0 Å². The highest BCUT2D eigenvalue weighted by Crippen LogP contribution is 2.36. The predicted molar refractivity (Wildman–Crippen MR) is 123 cm³/mol. The molecule has 1 aromatic carbocycles. The molecule has 0 fully saturated rings. The van der Waals surface area contributed by atoms with Gasteiger partial charge < -0.3 is 9.47 Å². The SMILES string of the molecule is CCOC(C)OC(C)(C)CCOS(=O)(=O)c1c(C(C)C)cc(C(C)C)cc1C(C)C. The molecule has 1 rings (SSSR count). The smallest absolute Gasteiger partial charge is 0.297 e. The number of rotatable bonds is 12. The van der Waals surface area contributed by atoms with Crippen molar-refractivity contribution in [1.82, 2.24) is 0 Å². The number of ether oxygens (including phenoxy) is 2. The Bertz CT molecular complexity index is 750. The molecule has 0 aromatic heterocycles. The lowest BCUT2D eigenvalue weighted by Crippen LogP contribution is -2.32. The minimum Gasteiger partial charge on any atom is -0.353 e. The van der Waals surface area contributed by atoms with Gasteiger partial charge in [-0.3, -0.25) is 4.18 Å². The lowest BCUT2D eigenvalue weighted by Gasteiger charge is -2.29. The van der Waals surface area contributed by atoms with Gasteiger partial charge in [0.05, 0.1) is 12.2 Å². The van der Waals surface area contributed by atoms with Gasteiger partial charge >= 0.3 is 0 Å². The van der Waals surface area contributed by atoms with E-state index in [9.17, 15) is 8.42 Å². The van der Waals surface area contributed by atoms with E-state index in [1.165, 1.54) is 0 Å². The molecule has 30 heavy (non-hydrogen) atoms. The van der Waals surface area contributed by atoms with Gasteiger partial charge in [0.25, 0.3) is 10.1 Å². The highest BCUT2D eigenvalue weighted by molar-refractivity contribution is 7.86. The van der Waals surface area contributed by atoms with E-state index in [0.717, 1.165) is 16.7 Å². The van der Waals surface area contributed by atoms with Crippen molar-refractivity contribution in [3.8, 4) is 0 Å². The Morgan fingerprint density at radius 1 is 0.900 bits per heavy atom. The van der Waals surface area contributed by atoms with E-state index in [-0.39, 0.29) is 24.7 Å². The third kappa shape index (κ3) is 7.63. The quantitative estimate of drug-likeness (QED) is 0.279. The Balaban J connectivity index is 3.17. The van der Waals surface area contributed by atoms with Gasteiger partial charge in [0.1, 0.15) is 4.90 Å². The fourth-order valence-electron chi connectivity index (χ4n) is 3.41. The second-order valence-corrected chi connectivity index (χ2v) is 11.0. The van der Waals surface area contributed by atoms with Crippen molar-refractivity contribution in [2.45, 2.75) is 110 Å². The Morgan fingerprint density at radius 2 is 1.40 bits per heavy atom. The van der Waals surface area contributed by atoms with E-state index >= 15 is 0 Å². The highest BCUT2D eigenvalue weighted by atomic mass is 32.2. The summed E-state index contributed by atoms with van der Waals surface area (Å²) in [4.78, 5) is 0.332. The summed E-state index contributed by atoms with van der Waals surface area (Å²) in [7, 11) is -3.90. The lowest BCUT2D eigenvalue weighted by molar-refractivity contribution is -0.192. The Labute approximate surface area is 184 Å². The maximum atomic E-state index is 13.3. The molecule has 0 amide bonds. The van der Waals surface area contributed by atoms with Crippen LogP contribution >= 0.6 is 0 Å². The first kappa shape index (κ1) is 27.1. The second-order valence-electron chi connectivity index (χ2n) is 9.42. The number of benzene rings is 1. The maximum absolute atomic E-state index is 13.3. The number of hydrogen-bond acceptors (Lipinski definition) is 5. The summed E-state index contributed by atoms with van der Waals surface area (Å²) in [6.07, 6.45) is 0.0761. The third-order valence-electron chi connectivity index (χ3n) is 5.16. The van der Waals surface area contributed by atoms with Crippen molar-refractivity contribution in [3.05, 3.63) is 28.8 Å². The molecule has 0 radical (unpaired) electrons. The highest BCUT2D eigenvalue weighted by Gasteiger charge is 2.29. The van der Waals surface area contributed by atoms with Crippen LogP contribution in [0.3, 0.4) is 0 Å². The van der Waals surface area contributed by atoms with E-state index < -0.39 is 15.7 Å². The first-order valence-corrected chi connectivity index (χ1v) is 12.5. The molecule has 0 saturated carbocycles. The molecular formula is C24H42O5S. The molecular weight excluding hydrogens is 400 g/mol. The van der Waals surface area contributed by atoms with Gasteiger partial charge in [0.2, 0.25) is 0 Å². The molecule has 0 aliphatic heterocycles. The Hall–Kier alpha value is -0.950. The van der Waals surface area contributed by atoms with Crippen LogP contribution in [0.2, 0.25) is 0 Å². The van der Waals surface area contributed by atoms with Crippen LogP contribution in [0.15, 0.2) is 17.0 Å². The standard InChI is InChI=1S/C24H42O5S/c1-11-27-19(8)29-24(9,10)12-13-28-30(25,26)23-21(17(4)5)14-20(16(2)3)15-22(23)18(6)7/h14-19H,11-13H2,1-10H3. The van der Waals surface area contributed by atoms with Crippen molar-refractivity contribution in [3.63, 3.8) is 0 Å². The predicted octanol–water partition coefficient (Wildman–Crippen LogP) is 6.33. The van der Waals surface area contributed by atoms with E-state index in [0.29, 0.717) is 23.8 Å². The average Bonchev–Trinajstić information content (AvgIpc) is 2.59. The van der Waals surface area contributed by atoms with Crippen LogP contribution in [0.25, 0.3) is 0 Å². The largest absolute Gasteiger partial charge is 0.353 e. The van der Waals surface area contributed by atoms with Crippen LogP contribution in [0, 0.1) is 0 Å². The van der Waals surface area contributed by atoms with Gasteiger partial charge in [-0.1, -0.05) is 53.7 Å². The zero-order valence-electron chi connectivity index (χ0n) is 20.5. The van der Waals surface area contributed by atoms with Gasteiger partial charge in [0, 0.05) is 13.0 Å². The van der Waals surface area contributed by atoms with E-state index in [2.05, 4.69) is 13.8 Å². The van der Waals surface area contributed by atoms with Crippen molar-refractivity contribution in [2.75, 3.05) is 13.2 Å². The van der Waals surface area contributed by atoms with Crippen molar-refractivity contribution >= 4 is 10.1 Å². The summed E-state index contributed by atoms with van der Waals surface area (Å²) >= 11 is 0. The van der Waals surface area contributed by atoms with Gasteiger partial charge in [0.15, 0.2) is 6.29 Å². The third-order valence-corrected chi connectivity index (χ3v) is 6.61. The lowest BCUT2D eigenvalue weighted by atomic mass is 9.89. The van der Waals surface area contributed by atoms with E-state index in [1.54, 1.807) is 0 Å². The minimum atomic E-state index is -3.90. The molecule has 174 valence electrons. The topological polar surface area (TPSA) is 61.8 Å². The van der Waals surface area contributed by atoms with Gasteiger partial charge in [-0.05, 0) is 62.1 Å². The van der Waals surface area contributed by atoms with Crippen molar-refractivity contribution < 1.29 is 22.1 Å². The summed E-state index contributed by atoms with van der Waals surface area (Å²) in [6.45, 7) is 20.5. The molecule has 0 saturated heterocycles. The van der Waals surface area contributed by atoms with Crippen LogP contribution in [-0.4, -0.2) is 33.5 Å². The molecule has 0 N–H and O–H groups in total. The molecule has 0 aliphatic carbocycles. The summed E-state index contributed by atoms with van der Waals surface area (Å²) in [5.41, 5.74) is 2.24. The van der Waals surface area contributed by atoms with Gasteiger partial charge in [-0.15, -0.1) is 0 Å². The molecule has 1 atom stereocenters. The summed E-state index contributed by atoms with van der Waals surface area (Å²) in [6, 6.07) is 4.04. The second kappa shape index (κ2) is 11.1. The van der Waals surface area contributed by atoms with E-state index in [4.69, 9.17) is 13.7 Å². The molecule has 0 spiro atoms. The Morgan fingerprint density at radius 3 is 1.80 bits per heavy atom. The summed E-state index contributed by atoms with van der Waals surface area (Å²) in [5, 5.41) is 0. The fourth-order valence-corrected chi connectivity index (χ4v) is 5.00. The number of hydrogen-bond donors (Lipinski definition) is 0. The van der Waals surface area contributed by atoms with Crippen LogP contribution < -0.4 is 0 Å². The molecule has 0 heterocycles. The molecule has 6 heteroatoms. The summed E-state index contributed by atoms with van der Waals surface area (Å²) in [5.74, 6) is 0.464. The molecule has 1 aromatic rings. The Kier molecular flexibility index (Phi) is 10.00. The van der Waals surface area contributed by atoms with Gasteiger partial charge in [-0.25, -0.2) is 0 Å². The first-order valence-electron chi connectivity index (χ1n) is 11.1. The molecule has 0 aliphatic rings. The minimum absolute atomic E-state index is 0.0508. The first-order chi connectivity index (χ1) is 13.7. The normalized spacial score (nSPS) is 14.2. The fraction of sp³-hybridized carbons (Fsp3) is 0.750.